The van der Waals surface area contributed by atoms with Crippen LogP contribution in [0.5, 0.6) is 0 Å². The van der Waals surface area contributed by atoms with Crippen LogP contribution in [-0.4, -0.2) is 41.7 Å². The maximum Gasteiger partial charge on any atom is 0.407 e. The van der Waals surface area contributed by atoms with Crippen molar-refractivity contribution in [2.45, 2.75) is 130 Å². The van der Waals surface area contributed by atoms with Crippen LogP contribution in [0.1, 0.15) is 118 Å². The summed E-state index contributed by atoms with van der Waals surface area (Å²) in [6.45, 7) is 10.9. The van der Waals surface area contributed by atoms with Crippen LogP contribution in [0.25, 0.3) is 0 Å². The lowest BCUT2D eigenvalue weighted by Gasteiger charge is -2.64. The molecule has 0 aromatic rings. The van der Waals surface area contributed by atoms with Crippen LogP contribution in [0.2, 0.25) is 0 Å². The molecule has 5 fully saturated rings. The van der Waals surface area contributed by atoms with E-state index in [4.69, 9.17) is 4.74 Å². The quantitative estimate of drug-likeness (QED) is 0.332. The van der Waals surface area contributed by atoms with Crippen LogP contribution in [0.3, 0.4) is 0 Å². The molecule has 218 valence electrons. The minimum Gasteiger partial charge on any atom is -0.450 e. The number of carbonyl (C=O) groups is 1. The number of hydrogen-bond acceptors (Lipinski definition) is 4. The molecule has 3 unspecified atom stereocenters. The van der Waals surface area contributed by atoms with Crippen LogP contribution in [-0.2, 0) is 4.74 Å². The number of rotatable bonds is 7. The van der Waals surface area contributed by atoms with Gasteiger partial charge in [0.25, 0.3) is 0 Å². The molecule has 0 bridgehead atoms. The lowest BCUT2D eigenvalue weighted by molar-refractivity contribution is -0.203. The van der Waals surface area contributed by atoms with Crippen molar-refractivity contribution >= 4 is 6.09 Å². The molecule has 0 spiro atoms. The number of amides is 1. The number of ether oxygens (including phenoxy) is 1. The summed E-state index contributed by atoms with van der Waals surface area (Å²) in [6.07, 6.45) is 15.5. The van der Waals surface area contributed by atoms with E-state index < -0.39 is 0 Å². The Hall–Kier alpha value is -0.810. The van der Waals surface area contributed by atoms with E-state index in [2.05, 4.69) is 33.0 Å². The zero-order valence-electron chi connectivity index (χ0n) is 24.8. The van der Waals surface area contributed by atoms with Crippen molar-refractivity contribution in [3.63, 3.8) is 0 Å². The maximum absolute atomic E-state index is 12.3. The maximum atomic E-state index is 12.3. The van der Waals surface area contributed by atoms with Crippen LogP contribution in [0.4, 0.5) is 4.79 Å². The van der Waals surface area contributed by atoms with Crippen LogP contribution in [0.15, 0.2) is 0 Å². The molecule has 5 aliphatic carbocycles. The van der Waals surface area contributed by atoms with Gasteiger partial charge in [-0.1, -0.05) is 53.4 Å². The molecular weight excluding hydrogens is 474 g/mol. The molecule has 0 radical (unpaired) electrons. The Balaban J connectivity index is 1.19. The van der Waals surface area contributed by atoms with E-state index in [9.17, 15) is 15.0 Å². The van der Waals surface area contributed by atoms with Gasteiger partial charge in [-0.05, 0) is 122 Å². The van der Waals surface area contributed by atoms with Gasteiger partial charge < -0.3 is 20.3 Å². The number of aliphatic hydroxyl groups is 2. The Morgan fingerprint density at radius 3 is 2.39 bits per heavy atom. The highest BCUT2D eigenvalue weighted by Crippen LogP contribution is 2.69. The molecule has 0 heterocycles. The Morgan fingerprint density at radius 2 is 1.66 bits per heavy atom. The summed E-state index contributed by atoms with van der Waals surface area (Å²) >= 11 is 0. The minimum absolute atomic E-state index is 0.187. The average molecular weight is 532 g/mol. The van der Waals surface area contributed by atoms with Crippen molar-refractivity contribution in [2.75, 3.05) is 13.2 Å². The number of carbonyl (C=O) groups excluding carboxylic acids is 1. The van der Waals surface area contributed by atoms with Crippen molar-refractivity contribution in [1.82, 2.24) is 5.32 Å². The summed E-state index contributed by atoms with van der Waals surface area (Å²) in [7, 11) is 0. The van der Waals surface area contributed by atoms with Gasteiger partial charge >= 0.3 is 6.09 Å². The lowest BCUT2D eigenvalue weighted by atomic mass is 9.41. The molecule has 5 rings (SSSR count). The Kier molecular flexibility index (Phi) is 8.75. The molecule has 5 aliphatic rings. The molecule has 3 N–H and O–H groups in total. The third-order valence-corrected chi connectivity index (χ3v) is 13.2. The van der Waals surface area contributed by atoms with Gasteiger partial charge in [-0.3, -0.25) is 0 Å². The van der Waals surface area contributed by atoms with Crippen molar-refractivity contribution in [2.24, 2.45) is 58.2 Å². The second-order valence-electron chi connectivity index (χ2n) is 14.9. The van der Waals surface area contributed by atoms with Crippen molar-refractivity contribution in [1.29, 1.82) is 0 Å². The predicted octanol–water partition coefficient (Wildman–Crippen LogP) is 6.95. The third kappa shape index (κ3) is 5.17. The van der Waals surface area contributed by atoms with Gasteiger partial charge in [0, 0.05) is 6.54 Å². The fraction of sp³-hybridized carbons (Fsp3) is 0.970. The van der Waals surface area contributed by atoms with E-state index in [1.54, 1.807) is 0 Å². The fourth-order valence-corrected chi connectivity index (χ4v) is 11.1. The summed E-state index contributed by atoms with van der Waals surface area (Å²) in [6, 6.07) is 0. The summed E-state index contributed by atoms with van der Waals surface area (Å²) in [5, 5.41) is 25.4. The smallest absolute Gasteiger partial charge is 0.407 e. The first-order chi connectivity index (χ1) is 18.2. The first-order valence-electron chi connectivity index (χ1n) is 16.5. The van der Waals surface area contributed by atoms with E-state index in [0.29, 0.717) is 54.0 Å². The van der Waals surface area contributed by atoms with Crippen LogP contribution >= 0.6 is 0 Å². The Bertz CT molecular complexity index is 813. The van der Waals surface area contributed by atoms with Gasteiger partial charge in [-0.2, -0.15) is 0 Å². The van der Waals surface area contributed by atoms with Crippen LogP contribution < -0.4 is 5.32 Å². The van der Waals surface area contributed by atoms with Gasteiger partial charge in [-0.25, -0.2) is 4.79 Å². The molecule has 5 heteroatoms. The first kappa shape index (κ1) is 28.7. The van der Waals surface area contributed by atoms with Crippen molar-refractivity contribution < 1.29 is 19.7 Å². The molecule has 0 aromatic carbocycles. The molecule has 0 aromatic heterocycles. The van der Waals surface area contributed by atoms with Gasteiger partial charge in [0.05, 0.1) is 18.8 Å². The highest BCUT2D eigenvalue weighted by molar-refractivity contribution is 5.67. The van der Waals surface area contributed by atoms with E-state index in [-0.39, 0.29) is 29.1 Å². The molecule has 0 saturated heterocycles. The normalized spacial score (nSPS) is 45.9. The molecule has 1 amide bonds. The molecular formula is C33H57NO4. The van der Waals surface area contributed by atoms with Crippen molar-refractivity contribution in [3.05, 3.63) is 0 Å². The SMILES string of the molecule is CC[C@@H]1C2C[C@H](O)CC[C@]2(C)[C@H]2CCC3(C)[C@@H]([C@H](C)CCOC(=O)NCC4CCCCC4)CC[C@H]3C2[C@@H]1O. The Morgan fingerprint density at radius 1 is 0.947 bits per heavy atom. The summed E-state index contributed by atoms with van der Waals surface area (Å²) in [5.74, 6) is 4.11. The summed E-state index contributed by atoms with van der Waals surface area (Å²) in [4.78, 5) is 12.3. The molecule has 38 heavy (non-hydrogen) atoms. The number of hydrogen-bond donors (Lipinski definition) is 3. The van der Waals surface area contributed by atoms with E-state index in [0.717, 1.165) is 38.6 Å². The van der Waals surface area contributed by atoms with Crippen molar-refractivity contribution in [3.8, 4) is 0 Å². The monoisotopic (exact) mass is 531 g/mol. The number of aliphatic hydroxyl groups excluding tert-OH is 2. The standard InChI is InChI=1S/C33H57NO4/c1-5-24-28-19-23(35)13-16-33(28,4)27-14-17-32(3)25(11-12-26(32)29(27)30(24)36)21(2)15-18-38-31(37)34-20-22-9-7-6-8-10-22/h21-30,35-36H,5-20H2,1-4H3,(H,34,37)/t21-,23-,24-,25-,26+,27+,28?,29?,30-,32?,33-/m1/s1. The number of nitrogens with one attached hydrogen (secondary N) is 1. The van der Waals surface area contributed by atoms with Gasteiger partial charge in [-0.15, -0.1) is 0 Å². The van der Waals surface area contributed by atoms with E-state index in [1.807, 2.05) is 0 Å². The summed E-state index contributed by atoms with van der Waals surface area (Å²) < 4.78 is 5.63. The van der Waals surface area contributed by atoms with E-state index >= 15 is 0 Å². The molecule has 0 aliphatic heterocycles. The lowest BCUT2D eigenvalue weighted by Crippen LogP contribution is -2.62. The molecule has 11 atom stereocenters. The second kappa shape index (κ2) is 11.6. The molecule has 5 saturated carbocycles. The fourth-order valence-electron chi connectivity index (χ4n) is 11.1. The highest BCUT2D eigenvalue weighted by Gasteiger charge is 2.64. The van der Waals surface area contributed by atoms with Crippen LogP contribution in [0, 0.1) is 58.2 Å². The molecule has 5 nitrogen and oxygen atoms in total. The zero-order chi connectivity index (χ0) is 27.1. The first-order valence-corrected chi connectivity index (χ1v) is 16.5. The van der Waals surface area contributed by atoms with Gasteiger partial charge in [0.15, 0.2) is 0 Å². The van der Waals surface area contributed by atoms with E-state index in [1.165, 1.54) is 57.8 Å². The summed E-state index contributed by atoms with van der Waals surface area (Å²) in [5.41, 5.74) is 0.522. The number of alkyl carbamates (subject to hydrolysis) is 1. The average Bonchev–Trinajstić information content (AvgIpc) is 3.26. The zero-order valence-corrected chi connectivity index (χ0v) is 24.8. The third-order valence-electron chi connectivity index (χ3n) is 13.2. The largest absolute Gasteiger partial charge is 0.450 e. The topological polar surface area (TPSA) is 78.8 Å². The minimum atomic E-state index is -0.241. The second-order valence-corrected chi connectivity index (χ2v) is 14.9. The van der Waals surface area contributed by atoms with Gasteiger partial charge in [0.1, 0.15) is 0 Å². The number of fused-ring (bicyclic) bond motifs is 5. The predicted molar refractivity (Wildman–Crippen MR) is 151 cm³/mol. The highest BCUT2D eigenvalue weighted by atomic mass is 16.5. The Labute approximate surface area is 232 Å². The van der Waals surface area contributed by atoms with Gasteiger partial charge in [0.2, 0.25) is 0 Å².